The molecule has 0 bridgehead atoms. The first kappa shape index (κ1) is 14.2. The standard InChI is InChI=1S/C15H19N3O2/c1-9(2)13-6-5-12(7-16-13)15(19)17-8-14-10(3)18-11(4)20-14/h5-7,9H,8H2,1-4H3,(H,17,19). The molecule has 0 saturated heterocycles. The summed E-state index contributed by atoms with van der Waals surface area (Å²) in [5, 5.41) is 2.81. The second kappa shape index (κ2) is 5.86. The molecule has 0 radical (unpaired) electrons. The monoisotopic (exact) mass is 273 g/mol. The second-order valence-electron chi connectivity index (χ2n) is 5.05. The fourth-order valence-corrected chi connectivity index (χ4v) is 1.88. The van der Waals surface area contributed by atoms with Gasteiger partial charge < -0.3 is 9.73 Å². The van der Waals surface area contributed by atoms with Crippen molar-refractivity contribution in [2.45, 2.75) is 40.2 Å². The van der Waals surface area contributed by atoms with Gasteiger partial charge in [0, 0.05) is 18.8 Å². The zero-order chi connectivity index (χ0) is 14.7. The van der Waals surface area contributed by atoms with Crippen molar-refractivity contribution in [1.82, 2.24) is 15.3 Å². The third-order valence-corrected chi connectivity index (χ3v) is 3.05. The summed E-state index contributed by atoms with van der Waals surface area (Å²) in [5.74, 6) is 1.48. The van der Waals surface area contributed by atoms with E-state index in [1.807, 2.05) is 13.0 Å². The smallest absolute Gasteiger partial charge is 0.253 e. The van der Waals surface area contributed by atoms with Crippen LogP contribution >= 0.6 is 0 Å². The molecule has 0 saturated carbocycles. The van der Waals surface area contributed by atoms with E-state index in [0.717, 1.165) is 11.4 Å². The van der Waals surface area contributed by atoms with E-state index in [-0.39, 0.29) is 5.91 Å². The van der Waals surface area contributed by atoms with Crippen molar-refractivity contribution in [3.63, 3.8) is 0 Å². The average Bonchev–Trinajstić information content (AvgIpc) is 2.74. The summed E-state index contributed by atoms with van der Waals surface area (Å²) < 4.78 is 5.41. The highest BCUT2D eigenvalue weighted by atomic mass is 16.4. The van der Waals surface area contributed by atoms with Crippen molar-refractivity contribution in [3.05, 3.63) is 46.9 Å². The largest absolute Gasteiger partial charge is 0.444 e. The second-order valence-corrected chi connectivity index (χ2v) is 5.05. The lowest BCUT2D eigenvalue weighted by molar-refractivity contribution is 0.0947. The number of amides is 1. The van der Waals surface area contributed by atoms with Gasteiger partial charge in [-0.1, -0.05) is 13.8 Å². The van der Waals surface area contributed by atoms with Gasteiger partial charge in [-0.2, -0.15) is 0 Å². The van der Waals surface area contributed by atoms with Crippen LogP contribution in [-0.2, 0) is 6.54 Å². The van der Waals surface area contributed by atoms with E-state index in [9.17, 15) is 4.79 Å². The zero-order valence-corrected chi connectivity index (χ0v) is 12.2. The van der Waals surface area contributed by atoms with E-state index in [4.69, 9.17) is 4.42 Å². The van der Waals surface area contributed by atoms with Crippen molar-refractivity contribution in [2.75, 3.05) is 0 Å². The molecular weight excluding hydrogens is 254 g/mol. The van der Waals surface area contributed by atoms with Gasteiger partial charge in [0.15, 0.2) is 5.89 Å². The van der Waals surface area contributed by atoms with Crippen LogP contribution in [0.25, 0.3) is 0 Å². The highest BCUT2D eigenvalue weighted by molar-refractivity contribution is 5.93. The number of hydrogen-bond donors (Lipinski definition) is 1. The minimum absolute atomic E-state index is 0.166. The Morgan fingerprint density at radius 3 is 2.60 bits per heavy atom. The number of aryl methyl sites for hydroxylation is 2. The van der Waals surface area contributed by atoms with Gasteiger partial charge in [-0.3, -0.25) is 9.78 Å². The number of nitrogens with zero attached hydrogens (tertiary/aromatic N) is 2. The Balaban J connectivity index is 1.99. The number of carbonyl (C=O) groups is 1. The molecule has 1 N–H and O–H groups in total. The lowest BCUT2D eigenvalue weighted by Gasteiger charge is -2.06. The Bertz CT molecular complexity index is 600. The highest BCUT2D eigenvalue weighted by Gasteiger charge is 2.11. The summed E-state index contributed by atoms with van der Waals surface area (Å²) in [7, 11) is 0. The number of aromatic nitrogens is 2. The summed E-state index contributed by atoms with van der Waals surface area (Å²) in [6.45, 7) is 8.11. The van der Waals surface area contributed by atoms with E-state index in [0.29, 0.717) is 29.7 Å². The minimum atomic E-state index is -0.166. The number of hydrogen-bond acceptors (Lipinski definition) is 4. The maximum atomic E-state index is 12.0. The molecule has 0 aliphatic heterocycles. The van der Waals surface area contributed by atoms with Crippen molar-refractivity contribution in [3.8, 4) is 0 Å². The first-order chi connectivity index (χ1) is 9.47. The quantitative estimate of drug-likeness (QED) is 0.930. The van der Waals surface area contributed by atoms with Crippen LogP contribution in [0.5, 0.6) is 0 Å². The molecule has 0 spiro atoms. The maximum absolute atomic E-state index is 12.0. The van der Waals surface area contributed by atoms with Gasteiger partial charge in [-0.15, -0.1) is 0 Å². The van der Waals surface area contributed by atoms with E-state index >= 15 is 0 Å². The van der Waals surface area contributed by atoms with Crippen molar-refractivity contribution >= 4 is 5.91 Å². The molecular formula is C15H19N3O2. The van der Waals surface area contributed by atoms with E-state index in [1.54, 1.807) is 19.2 Å². The molecule has 5 nitrogen and oxygen atoms in total. The SMILES string of the molecule is Cc1nc(C)c(CNC(=O)c2ccc(C(C)C)nc2)o1. The van der Waals surface area contributed by atoms with Crippen LogP contribution in [0.4, 0.5) is 0 Å². The fraction of sp³-hybridized carbons (Fsp3) is 0.400. The molecule has 0 unspecified atom stereocenters. The van der Waals surface area contributed by atoms with Gasteiger partial charge in [0.1, 0.15) is 5.76 Å². The average molecular weight is 273 g/mol. The van der Waals surface area contributed by atoms with Gasteiger partial charge >= 0.3 is 0 Å². The molecule has 2 aromatic heterocycles. The predicted octanol–water partition coefficient (Wildman–Crippen LogP) is 2.74. The molecule has 0 aliphatic rings. The Morgan fingerprint density at radius 1 is 1.35 bits per heavy atom. The predicted molar refractivity (Wildman–Crippen MR) is 75.5 cm³/mol. The van der Waals surface area contributed by atoms with Crippen LogP contribution in [0.15, 0.2) is 22.7 Å². The summed E-state index contributed by atoms with van der Waals surface area (Å²) in [6.07, 6.45) is 1.60. The van der Waals surface area contributed by atoms with E-state index in [2.05, 4.69) is 29.1 Å². The van der Waals surface area contributed by atoms with Crippen molar-refractivity contribution in [1.29, 1.82) is 0 Å². The molecule has 2 rings (SSSR count). The number of nitrogens with one attached hydrogen (secondary N) is 1. The highest BCUT2D eigenvalue weighted by Crippen LogP contribution is 2.12. The Morgan fingerprint density at radius 2 is 2.10 bits per heavy atom. The number of pyridine rings is 1. The van der Waals surface area contributed by atoms with Crippen LogP contribution in [-0.4, -0.2) is 15.9 Å². The van der Waals surface area contributed by atoms with E-state index < -0.39 is 0 Å². The number of rotatable bonds is 4. The summed E-state index contributed by atoms with van der Waals surface area (Å²) in [5.41, 5.74) is 2.32. The lowest BCUT2D eigenvalue weighted by atomic mass is 10.1. The van der Waals surface area contributed by atoms with Crippen LogP contribution in [0.1, 0.15) is 53.2 Å². The Kier molecular flexibility index (Phi) is 4.17. The van der Waals surface area contributed by atoms with Gasteiger partial charge in [0.05, 0.1) is 17.8 Å². The first-order valence-electron chi connectivity index (χ1n) is 6.64. The van der Waals surface area contributed by atoms with Crippen molar-refractivity contribution in [2.24, 2.45) is 0 Å². The van der Waals surface area contributed by atoms with Crippen LogP contribution < -0.4 is 5.32 Å². The molecule has 2 aromatic rings. The third-order valence-electron chi connectivity index (χ3n) is 3.05. The Labute approximate surface area is 118 Å². The summed E-state index contributed by atoms with van der Waals surface area (Å²) in [4.78, 5) is 20.4. The molecule has 0 fully saturated rings. The van der Waals surface area contributed by atoms with E-state index in [1.165, 1.54) is 0 Å². The molecule has 5 heteroatoms. The molecule has 2 heterocycles. The first-order valence-corrected chi connectivity index (χ1v) is 6.64. The van der Waals surface area contributed by atoms with Gasteiger partial charge in [0.25, 0.3) is 5.91 Å². The molecule has 0 aliphatic carbocycles. The summed E-state index contributed by atoms with van der Waals surface area (Å²) in [6, 6.07) is 3.67. The summed E-state index contributed by atoms with van der Waals surface area (Å²) >= 11 is 0. The maximum Gasteiger partial charge on any atom is 0.253 e. The van der Waals surface area contributed by atoms with Crippen molar-refractivity contribution < 1.29 is 9.21 Å². The number of oxazole rings is 1. The molecule has 1 amide bonds. The zero-order valence-electron chi connectivity index (χ0n) is 12.2. The minimum Gasteiger partial charge on any atom is -0.444 e. The van der Waals surface area contributed by atoms with Gasteiger partial charge in [0.2, 0.25) is 0 Å². The van der Waals surface area contributed by atoms with Gasteiger partial charge in [-0.05, 0) is 25.0 Å². The number of carbonyl (C=O) groups excluding carboxylic acids is 1. The lowest BCUT2D eigenvalue weighted by Crippen LogP contribution is -2.23. The van der Waals surface area contributed by atoms with Crippen LogP contribution in [0.2, 0.25) is 0 Å². The normalized spacial score (nSPS) is 10.8. The third kappa shape index (κ3) is 3.23. The molecule has 0 atom stereocenters. The topological polar surface area (TPSA) is 68.0 Å². The fourth-order valence-electron chi connectivity index (χ4n) is 1.88. The molecule has 20 heavy (non-hydrogen) atoms. The molecule has 106 valence electrons. The van der Waals surface area contributed by atoms with Crippen LogP contribution in [0, 0.1) is 13.8 Å². The Hall–Kier alpha value is -2.17. The van der Waals surface area contributed by atoms with Crippen LogP contribution in [0.3, 0.4) is 0 Å². The molecule has 0 aromatic carbocycles. The van der Waals surface area contributed by atoms with Gasteiger partial charge in [-0.25, -0.2) is 4.98 Å².